The monoisotopic (exact) mass is 240 g/mol. The Morgan fingerprint density at radius 3 is 2.71 bits per heavy atom. The predicted molar refractivity (Wildman–Crippen MR) is 71.7 cm³/mol. The van der Waals surface area contributed by atoms with Gasteiger partial charge in [0.25, 0.3) is 0 Å². The molecule has 0 aromatic rings. The molecule has 0 bridgehead atoms. The molecule has 0 aromatic heterocycles. The van der Waals surface area contributed by atoms with E-state index in [0.717, 1.165) is 38.1 Å². The van der Waals surface area contributed by atoms with Crippen molar-refractivity contribution in [2.75, 3.05) is 6.54 Å². The number of rotatable bonds is 7. The van der Waals surface area contributed by atoms with Gasteiger partial charge in [-0.25, -0.2) is 0 Å². The van der Waals surface area contributed by atoms with Crippen LogP contribution in [0.5, 0.6) is 0 Å². The van der Waals surface area contributed by atoms with Crippen LogP contribution in [-0.4, -0.2) is 18.5 Å². The molecule has 1 saturated carbocycles. The van der Waals surface area contributed by atoms with Crippen molar-refractivity contribution in [3.05, 3.63) is 0 Å². The van der Waals surface area contributed by atoms with Crippen molar-refractivity contribution in [3.63, 3.8) is 0 Å². The highest BCUT2D eigenvalue weighted by molar-refractivity contribution is 5.76. The molecule has 3 nitrogen and oxygen atoms in total. The van der Waals surface area contributed by atoms with Crippen molar-refractivity contribution in [2.24, 2.45) is 11.7 Å². The Kier molecular flexibility index (Phi) is 7.25. The molecule has 1 amide bonds. The summed E-state index contributed by atoms with van der Waals surface area (Å²) in [5, 5.41) is 3.18. The lowest BCUT2D eigenvalue weighted by Gasteiger charge is -2.27. The molecule has 1 rings (SSSR count). The van der Waals surface area contributed by atoms with Crippen molar-refractivity contribution < 1.29 is 4.79 Å². The van der Waals surface area contributed by atoms with Gasteiger partial charge in [0.15, 0.2) is 0 Å². The van der Waals surface area contributed by atoms with Gasteiger partial charge in [-0.05, 0) is 38.1 Å². The summed E-state index contributed by atoms with van der Waals surface area (Å²) in [6.45, 7) is 3.05. The molecular weight excluding hydrogens is 212 g/mol. The van der Waals surface area contributed by atoms with Gasteiger partial charge in [-0.3, -0.25) is 4.79 Å². The molecule has 2 unspecified atom stereocenters. The fourth-order valence-corrected chi connectivity index (χ4v) is 2.65. The fraction of sp³-hybridized carbons (Fsp3) is 0.929. The van der Waals surface area contributed by atoms with E-state index in [2.05, 4.69) is 12.2 Å². The van der Waals surface area contributed by atoms with E-state index in [1.54, 1.807) is 0 Å². The van der Waals surface area contributed by atoms with Crippen molar-refractivity contribution in [1.82, 2.24) is 5.32 Å². The number of nitrogens with two attached hydrogens (primary N) is 1. The second-order valence-corrected chi connectivity index (χ2v) is 5.49. The molecule has 0 radical (unpaired) electrons. The lowest BCUT2D eigenvalue weighted by atomic mass is 9.87. The van der Waals surface area contributed by atoms with E-state index in [1.165, 1.54) is 25.7 Å². The zero-order valence-electron chi connectivity index (χ0n) is 11.2. The molecule has 3 heteroatoms. The lowest BCUT2D eigenvalue weighted by molar-refractivity contribution is -0.122. The molecule has 0 aromatic carbocycles. The summed E-state index contributed by atoms with van der Waals surface area (Å²) in [6, 6.07) is 0.440. The van der Waals surface area contributed by atoms with Crippen LogP contribution >= 0.6 is 0 Å². The molecule has 17 heavy (non-hydrogen) atoms. The van der Waals surface area contributed by atoms with Crippen molar-refractivity contribution in [1.29, 1.82) is 0 Å². The maximum Gasteiger partial charge on any atom is 0.220 e. The Balaban J connectivity index is 2.04. The fourth-order valence-electron chi connectivity index (χ4n) is 2.65. The third-order valence-corrected chi connectivity index (χ3v) is 3.66. The van der Waals surface area contributed by atoms with Crippen molar-refractivity contribution >= 4 is 5.91 Å². The molecule has 0 aliphatic heterocycles. The number of nitrogens with one attached hydrogen (secondary N) is 1. The SMILES string of the molecule is CC1CCCC(NC(=O)CCCCCCN)C1. The molecule has 1 aliphatic rings. The number of unbranched alkanes of at least 4 members (excludes halogenated alkanes) is 3. The van der Waals surface area contributed by atoms with Gasteiger partial charge in [0, 0.05) is 12.5 Å². The summed E-state index contributed by atoms with van der Waals surface area (Å²) in [5.41, 5.74) is 5.43. The predicted octanol–water partition coefficient (Wildman–Crippen LogP) is 2.59. The number of carbonyl (C=O) groups is 1. The highest BCUT2D eigenvalue weighted by atomic mass is 16.1. The van der Waals surface area contributed by atoms with Crippen LogP contribution in [0.15, 0.2) is 0 Å². The topological polar surface area (TPSA) is 55.1 Å². The second-order valence-electron chi connectivity index (χ2n) is 5.49. The van der Waals surface area contributed by atoms with Gasteiger partial charge in [0.1, 0.15) is 0 Å². The largest absolute Gasteiger partial charge is 0.353 e. The quantitative estimate of drug-likeness (QED) is 0.672. The highest BCUT2D eigenvalue weighted by Crippen LogP contribution is 2.23. The molecule has 0 saturated heterocycles. The van der Waals surface area contributed by atoms with E-state index in [1.807, 2.05) is 0 Å². The molecule has 0 heterocycles. The number of carbonyl (C=O) groups excluding carboxylic acids is 1. The standard InChI is InChI=1S/C14H28N2O/c1-12-7-6-8-13(11-12)16-14(17)9-4-2-3-5-10-15/h12-13H,2-11,15H2,1H3,(H,16,17). The Morgan fingerprint density at radius 1 is 1.24 bits per heavy atom. The van der Waals surface area contributed by atoms with E-state index >= 15 is 0 Å². The summed E-state index contributed by atoms with van der Waals surface area (Å²) >= 11 is 0. The second kappa shape index (κ2) is 8.51. The maximum absolute atomic E-state index is 11.7. The number of hydrogen-bond donors (Lipinski definition) is 2. The van der Waals surface area contributed by atoms with E-state index in [9.17, 15) is 4.79 Å². The minimum Gasteiger partial charge on any atom is -0.353 e. The van der Waals surface area contributed by atoms with Gasteiger partial charge in [-0.15, -0.1) is 0 Å². The third kappa shape index (κ3) is 6.67. The van der Waals surface area contributed by atoms with Crippen LogP contribution in [0.2, 0.25) is 0 Å². The molecule has 3 N–H and O–H groups in total. The Bertz CT molecular complexity index is 218. The summed E-state index contributed by atoms with van der Waals surface area (Å²) in [7, 11) is 0. The first-order chi connectivity index (χ1) is 8.22. The Labute approximate surface area is 106 Å². The van der Waals surface area contributed by atoms with Crippen LogP contribution < -0.4 is 11.1 Å². The first kappa shape index (κ1) is 14.5. The van der Waals surface area contributed by atoms with E-state index in [0.29, 0.717) is 12.5 Å². The average molecular weight is 240 g/mol. The van der Waals surface area contributed by atoms with Crippen molar-refractivity contribution in [2.45, 2.75) is 70.8 Å². The Morgan fingerprint density at radius 2 is 2.00 bits per heavy atom. The van der Waals surface area contributed by atoms with Crippen LogP contribution in [0.4, 0.5) is 0 Å². The summed E-state index contributed by atoms with van der Waals surface area (Å²) in [4.78, 5) is 11.7. The van der Waals surface area contributed by atoms with Crippen LogP contribution in [0.1, 0.15) is 64.7 Å². The third-order valence-electron chi connectivity index (χ3n) is 3.66. The van der Waals surface area contributed by atoms with Gasteiger partial charge >= 0.3 is 0 Å². The van der Waals surface area contributed by atoms with Gasteiger partial charge in [-0.1, -0.05) is 32.6 Å². The average Bonchev–Trinajstić information content (AvgIpc) is 2.29. The molecule has 100 valence electrons. The van der Waals surface area contributed by atoms with Crippen molar-refractivity contribution in [3.8, 4) is 0 Å². The summed E-state index contributed by atoms with van der Waals surface area (Å²) in [5.74, 6) is 1.02. The molecular formula is C14H28N2O. The van der Waals surface area contributed by atoms with Crippen LogP contribution in [0, 0.1) is 5.92 Å². The minimum atomic E-state index is 0.247. The number of amides is 1. The minimum absolute atomic E-state index is 0.247. The van der Waals surface area contributed by atoms with Gasteiger partial charge in [0.2, 0.25) is 5.91 Å². The van der Waals surface area contributed by atoms with E-state index in [-0.39, 0.29) is 5.91 Å². The number of hydrogen-bond acceptors (Lipinski definition) is 2. The zero-order chi connectivity index (χ0) is 12.5. The van der Waals surface area contributed by atoms with Crippen LogP contribution in [-0.2, 0) is 4.79 Å². The smallest absolute Gasteiger partial charge is 0.220 e. The first-order valence-electron chi connectivity index (χ1n) is 7.21. The van der Waals surface area contributed by atoms with E-state index < -0.39 is 0 Å². The summed E-state index contributed by atoms with van der Waals surface area (Å²) in [6.07, 6.45) is 10.00. The van der Waals surface area contributed by atoms with Crippen LogP contribution in [0.25, 0.3) is 0 Å². The molecule has 1 aliphatic carbocycles. The van der Waals surface area contributed by atoms with Gasteiger partial charge in [-0.2, -0.15) is 0 Å². The van der Waals surface area contributed by atoms with Gasteiger partial charge in [0.05, 0.1) is 0 Å². The normalized spacial score (nSPS) is 24.6. The summed E-state index contributed by atoms with van der Waals surface area (Å²) < 4.78 is 0. The molecule has 1 fully saturated rings. The Hall–Kier alpha value is -0.570. The van der Waals surface area contributed by atoms with Crippen LogP contribution in [0.3, 0.4) is 0 Å². The maximum atomic E-state index is 11.7. The first-order valence-corrected chi connectivity index (χ1v) is 7.21. The van der Waals surface area contributed by atoms with E-state index in [4.69, 9.17) is 5.73 Å². The highest BCUT2D eigenvalue weighted by Gasteiger charge is 2.19. The van der Waals surface area contributed by atoms with Gasteiger partial charge < -0.3 is 11.1 Å². The zero-order valence-corrected chi connectivity index (χ0v) is 11.2. The molecule has 0 spiro atoms. The molecule has 2 atom stereocenters. The lowest BCUT2D eigenvalue weighted by Crippen LogP contribution is -2.37.